The molecule has 33 heavy (non-hydrogen) atoms. The van der Waals surface area contributed by atoms with Gasteiger partial charge in [0.2, 0.25) is 5.91 Å². The van der Waals surface area contributed by atoms with Gasteiger partial charge in [0.05, 0.1) is 25.2 Å². The van der Waals surface area contributed by atoms with Gasteiger partial charge in [0.25, 0.3) is 0 Å². The van der Waals surface area contributed by atoms with Gasteiger partial charge in [-0.05, 0) is 69.5 Å². The largest absolute Gasteiger partial charge is 0.504 e. The number of furan rings is 1. The third-order valence-electron chi connectivity index (χ3n) is 8.42. The number of benzene rings is 1. The van der Waals surface area contributed by atoms with Crippen molar-refractivity contribution in [3.63, 3.8) is 0 Å². The van der Waals surface area contributed by atoms with Gasteiger partial charge in [-0.3, -0.25) is 4.79 Å². The molecular weight excluding hydrogens is 420 g/mol. The minimum atomic E-state index is -0.943. The molecule has 4 atom stereocenters. The lowest BCUT2D eigenvalue weighted by atomic mass is 9.48. The lowest BCUT2D eigenvalue weighted by Gasteiger charge is -2.64. The molecule has 176 valence electrons. The molecule has 2 aromatic rings. The zero-order valence-corrected chi connectivity index (χ0v) is 19.5. The first-order valence-corrected chi connectivity index (χ1v) is 11.6. The zero-order chi connectivity index (χ0) is 23.4. The quantitative estimate of drug-likeness (QED) is 0.694. The summed E-state index contributed by atoms with van der Waals surface area (Å²) < 4.78 is 10.8. The number of aliphatic hydroxyl groups is 1. The molecule has 2 bridgehead atoms. The molecule has 1 saturated heterocycles. The average molecular weight is 453 g/mol. The smallest absolute Gasteiger partial charge is 0.246 e. The van der Waals surface area contributed by atoms with E-state index in [1.54, 1.807) is 48.8 Å². The van der Waals surface area contributed by atoms with Gasteiger partial charge in [0.1, 0.15) is 0 Å². The van der Waals surface area contributed by atoms with Crippen LogP contribution >= 0.6 is 0 Å². The molecule has 1 amide bonds. The number of phenols is 1. The summed E-state index contributed by atoms with van der Waals surface area (Å²) in [6.45, 7) is 0.843. The van der Waals surface area contributed by atoms with Crippen molar-refractivity contribution in [1.29, 1.82) is 0 Å². The van der Waals surface area contributed by atoms with Gasteiger partial charge in [0, 0.05) is 41.7 Å². The molecule has 2 N–H and O–H groups in total. The molecule has 3 aliphatic rings. The van der Waals surface area contributed by atoms with Crippen molar-refractivity contribution in [3.8, 4) is 11.5 Å². The number of likely N-dealkylation sites (tertiary alicyclic amines) is 1. The van der Waals surface area contributed by atoms with Crippen molar-refractivity contribution < 1.29 is 24.2 Å². The summed E-state index contributed by atoms with van der Waals surface area (Å²) in [5.74, 6) is 0.481. The predicted octanol–water partition coefficient (Wildman–Crippen LogP) is 2.95. The van der Waals surface area contributed by atoms with Crippen LogP contribution in [0.25, 0.3) is 6.08 Å². The van der Waals surface area contributed by atoms with Crippen LogP contribution < -0.4 is 4.74 Å². The van der Waals surface area contributed by atoms with E-state index in [1.807, 2.05) is 13.1 Å². The Hall–Kier alpha value is -2.77. The molecule has 1 aliphatic heterocycles. The van der Waals surface area contributed by atoms with Crippen LogP contribution in [-0.4, -0.2) is 71.4 Å². The number of hydrogen-bond donors (Lipinski definition) is 2. The molecule has 2 fully saturated rings. The van der Waals surface area contributed by atoms with Crippen molar-refractivity contribution in [2.24, 2.45) is 0 Å². The van der Waals surface area contributed by atoms with E-state index in [9.17, 15) is 15.0 Å². The van der Waals surface area contributed by atoms with Gasteiger partial charge < -0.3 is 29.2 Å². The molecule has 7 nitrogen and oxygen atoms in total. The first-order chi connectivity index (χ1) is 15.8. The van der Waals surface area contributed by atoms with Crippen molar-refractivity contribution in [1.82, 2.24) is 9.80 Å². The van der Waals surface area contributed by atoms with Crippen LogP contribution in [0.4, 0.5) is 0 Å². The number of rotatable bonds is 4. The molecular formula is C26H32N2O5. The molecule has 2 heterocycles. The number of aromatic hydroxyl groups is 1. The van der Waals surface area contributed by atoms with Gasteiger partial charge in [-0.2, -0.15) is 0 Å². The second-order valence-electron chi connectivity index (χ2n) is 9.84. The number of fused-ring (bicyclic) bond motifs is 1. The fourth-order valence-electron chi connectivity index (χ4n) is 6.65. The number of hydrogen-bond acceptors (Lipinski definition) is 6. The number of methoxy groups -OCH3 is 1. The van der Waals surface area contributed by atoms with Gasteiger partial charge in [0.15, 0.2) is 11.5 Å². The molecule has 0 radical (unpaired) electrons. The summed E-state index contributed by atoms with van der Waals surface area (Å²) in [5.41, 5.74) is 1.35. The van der Waals surface area contributed by atoms with Crippen LogP contribution in [0.2, 0.25) is 0 Å². The lowest BCUT2D eigenvalue weighted by molar-refractivity contribution is -0.173. The summed E-state index contributed by atoms with van der Waals surface area (Å²) in [7, 11) is 5.49. The number of phenolic OH excluding ortho intramolecular Hbond substituents is 1. The number of ether oxygens (including phenoxy) is 1. The van der Waals surface area contributed by atoms with Crippen LogP contribution in [0, 0.1) is 0 Å². The maximum absolute atomic E-state index is 13.0. The highest BCUT2D eigenvalue weighted by molar-refractivity contribution is 5.91. The maximum Gasteiger partial charge on any atom is 0.246 e. The Morgan fingerprint density at radius 1 is 1.33 bits per heavy atom. The number of carbonyl (C=O) groups excluding carboxylic acids is 1. The Kier molecular flexibility index (Phi) is 5.29. The minimum Gasteiger partial charge on any atom is -0.504 e. The highest BCUT2D eigenvalue weighted by Gasteiger charge is 2.65. The fraction of sp³-hybridized carbons (Fsp3) is 0.500. The van der Waals surface area contributed by atoms with E-state index in [0.717, 1.165) is 36.1 Å². The fourth-order valence-corrected chi connectivity index (χ4v) is 6.65. The van der Waals surface area contributed by atoms with E-state index < -0.39 is 11.0 Å². The average Bonchev–Trinajstić information content (AvgIpc) is 3.33. The molecule has 0 spiro atoms. The van der Waals surface area contributed by atoms with Gasteiger partial charge in [-0.1, -0.05) is 6.07 Å². The second-order valence-corrected chi connectivity index (χ2v) is 9.84. The molecule has 0 unspecified atom stereocenters. The number of piperidine rings is 1. The molecule has 1 saturated carbocycles. The van der Waals surface area contributed by atoms with Crippen molar-refractivity contribution in [2.45, 2.75) is 55.2 Å². The Labute approximate surface area is 194 Å². The normalized spacial score (nSPS) is 31.2. The Morgan fingerprint density at radius 3 is 2.88 bits per heavy atom. The molecule has 7 heteroatoms. The van der Waals surface area contributed by atoms with Crippen LogP contribution in [0.5, 0.6) is 11.5 Å². The van der Waals surface area contributed by atoms with Crippen molar-refractivity contribution in [2.75, 3.05) is 27.7 Å². The number of nitrogens with zero attached hydrogens (tertiary/aromatic N) is 2. The monoisotopic (exact) mass is 452 g/mol. The highest BCUT2D eigenvalue weighted by atomic mass is 16.5. The Bertz CT molecular complexity index is 1080. The Balaban J connectivity index is 1.53. The number of amides is 1. The summed E-state index contributed by atoms with van der Waals surface area (Å²) in [6, 6.07) is 5.42. The summed E-state index contributed by atoms with van der Waals surface area (Å²) in [4.78, 5) is 17.1. The van der Waals surface area contributed by atoms with E-state index in [4.69, 9.17) is 9.15 Å². The SMILES string of the molecule is COc1c(O)ccc2c1[C@]13CCN(C)[C@H](C2)[C@]1(O)CC[C@H](N(C)C(=O)/C=C/c1ccoc1)C3. The van der Waals surface area contributed by atoms with Crippen LogP contribution in [-0.2, 0) is 16.6 Å². The summed E-state index contributed by atoms with van der Waals surface area (Å²) in [5, 5.41) is 22.9. The van der Waals surface area contributed by atoms with E-state index in [-0.39, 0.29) is 23.7 Å². The van der Waals surface area contributed by atoms with E-state index in [0.29, 0.717) is 25.0 Å². The maximum atomic E-state index is 13.0. The number of carbonyl (C=O) groups is 1. The van der Waals surface area contributed by atoms with Gasteiger partial charge in [-0.15, -0.1) is 0 Å². The van der Waals surface area contributed by atoms with Crippen molar-refractivity contribution >= 4 is 12.0 Å². The molecule has 1 aromatic carbocycles. The minimum absolute atomic E-state index is 0.00376. The molecule has 1 aromatic heterocycles. The van der Waals surface area contributed by atoms with Crippen LogP contribution in [0.15, 0.2) is 41.2 Å². The highest BCUT2D eigenvalue weighted by Crippen LogP contribution is 2.61. The first kappa shape index (κ1) is 22.0. The summed E-state index contributed by atoms with van der Waals surface area (Å²) >= 11 is 0. The Morgan fingerprint density at radius 2 is 2.15 bits per heavy atom. The van der Waals surface area contributed by atoms with Crippen LogP contribution in [0.1, 0.15) is 42.4 Å². The summed E-state index contributed by atoms with van der Waals surface area (Å²) in [6.07, 6.45) is 9.90. The topological polar surface area (TPSA) is 86.4 Å². The zero-order valence-electron chi connectivity index (χ0n) is 19.5. The van der Waals surface area contributed by atoms with E-state index in [1.165, 1.54) is 0 Å². The van der Waals surface area contributed by atoms with Gasteiger partial charge >= 0.3 is 0 Å². The van der Waals surface area contributed by atoms with Crippen LogP contribution in [0.3, 0.4) is 0 Å². The third kappa shape index (κ3) is 3.21. The second kappa shape index (κ2) is 7.92. The van der Waals surface area contributed by atoms with E-state index >= 15 is 0 Å². The standard InChI is InChI=1S/C26H32N2O5/c1-27-12-11-25-15-19(28(2)22(30)7-4-17-9-13-33-16-17)8-10-26(25,31)21(27)14-18-5-6-20(29)24(32-3)23(18)25/h4-7,9,13,16,19,21,29,31H,8,10-12,14-15H2,1-3H3/b7-4+/t19-,21+,25+,26+/m0/s1. The predicted molar refractivity (Wildman–Crippen MR) is 124 cm³/mol. The third-order valence-corrected chi connectivity index (χ3v) is 8.42. The molecule has 2 aliphatic carbocycles. The number of likely N-dealkylation sites (N-methyl/N-ethyl adjacent to an activating group) is 2. The first-order valence-electron chi connectivity index (χ1n) is 11.6. The lowest BCUT2D eigenvalue weighted by Crippen LogP contribution is -2.73. The van der Waals surface area contributed by atoms with Crippen molar-refractivity contribution in [3.05, 3.63) is 53.5 Å². The van der Waals surface area contributed by atoms with E-state index in [2.05, 4.69) is 11.9 Å². The molecule has 5 rings (SSSR count). The van der Waals surface area contributed by atoms with Gasteiger partial charge in [-0.25, -0.2) is 0 Å².